The molecular formula is C29H23F8NO4S. The molecule has 5 rings (SSSR count). The fraction of sp³-hybridized carbons (Fsp3) is 0.345. The van der Waals surface area contributed by atoms with Gasteiger partial charge in [0, 0.05) is 24.7 Å². The molecule has 0 bridgehead atoms. The van der Waals surface area contributed by atoms with Gasteiger partial charge in [0.2, 0.25) is 0 Å². The van der Waals surface area contributed by atoms with Gasteiger partial charge in [-0.05, 0) is 72.4 Å². The number of aromatic carboxylic acids is 1. The van der Waals surface area contributed by atoms with Crippen molar-refractivity contribution in [1.29, 1.82) is 0 Å². The van der Waals surface area contributed by atoms with Crippen LogP contribution in [0.25, 0.3) is 0 Å². The van der Waals surface area contributed by atoms with E-state index in [0.29, 0.717) is 17.7 Å². The van der Waals surface area contributed by atoms with E-state index < -0.39 is 56.0 Å². The highest BCUT2D eigenvalue weighted by molar-refractivity contribution is 7.92. The lowest BCUT2D eigenvalue weighted by atomic mass is 9.76. The Morgan fingerprint density at radius 2 is 1.51 bits per heavy atom. The number of rotatable bonds is 6. The summed E-state index contributed by atoms with van der Waals surface area (Å²) in [5.41, 5.74) is -6.93. The number of hydrogen-bond donors (Lipinski definition) is 1. The zero-order chi connectivity index (χ0) is 31.6. The van der Waals surface area contributed by atoms with E-state index in [1.54, 1.807) is 17.0 Å². The van der Waals surface area contributed by atoms with Gasteiger partial charge in [-0.3, -0.25) is 4.90 Å². The molecular weight excluding hydrogens is 610 g/mol. The van der Waals surface area contributed by atoms with E-state index in [4.69, 9.17) is 5.11 Å². The van der Waals surface area contributed by atoms with Gasteiger partial charge in [-0.15, -0.1) is 0 Å². The van der Waals surface area contributed by atoms with Crippen molar-refractivity contribution in [2.45, 2.75) is 59.5 Å². The first kappa shape index (κ1) is 30.9. The Kier molecular flexibility index (Phi) is 7.40. The highest BCUT2D eigenvalue weighted by atomic mass is 32.2. The van der Waals surface area contributed by atoms with Crippen LogP contribution in [-0.2, 0) is 33.2 Å². The fourth-order valence-electron chi connectivity index (χ4n) is 6.32. The van der Waals surface area contributed by atoms with Gasteiger partial charge in [-0.2, -0.15) is 26.3 Å². The number of likely N-dealkylation sites (tertiary alicyclic amines) is 1. The maximum atomic E-state index is 14.9. The van der Waals surface area contributed by atoms with Gasteiger partial charge in [0.15, 0.2) is 9.84 Å². The lowest BCUT2D eigenvalue weighted by Crippen LogP contribution is -2.52. The molecule has 230 valence electrons. The van der Waals surface area contributed by atoms with E-state index in [-0.39, 0.29) is 53.9 Å². The summed E-state index contributed by atoms with van der Waals surface area (Å²) in [5.74, 6) is -1.87. The highest BCUT2D eigenvalue weighted by Crippen LogP contribution is 2.56. The summed E-state index contributed by atoms with van der Waals surface area (Å²) in [6.45, 7) is 0.305. The minimum atomic E-state index is -6.34. The average Bonchev–Trinajstić information content (AvgIpc) is 3.31. The first-order valence-electron chi connectivity index (χ1n) is 13.0. The molecule has 14 heteroatoms. The number of alkyl halides is 7. The van der Waals surface area contributed by atoms with Crippen LogP contribution in [-0.4, -0.2) is 49.3 Å². The molecule has 0 amide bonds. The van der Waals surface area contributed by atoms with Crippen LogP contribution >= 0.6 is 0 Å². The third-order valence-electron chi connectivity index (χ3n) is 8.37. The number of sulfone groups is 1. The number of fused-ring (bicyclic) bond motifs is 3. The smallest absolute Gasteiger partial charge is 0.435 e. The number of benzene rings is 3. The van der Waals surface area contributed by atoms with Crippen molar-refractivity contribution in [1.82, 2.24) is 4.90 Å². The molecule has 1 N–H and O–H groups in total. The Balaban J connectivity index is 1.65. The lowest BCUT2D eigenvalue weighted by molar-refractivity contribution is -0.348. The summed E-state index contributed by atoms with van der Waals surface area (Å²) in [4.78, 5) is 12.7. The van der Waals surface area contributed by atoms with Crippen molar-refractivity contribution in [3.05, 3.63) is 100 Å². The van der Waals surface area contributed by atoms with Crippen molar-refractivity contribution in [2.24, 2.45) is 0 Å². The lowest BCUT2D eigenvalue weighted by Gasteiger charge is -2.43. The molecule has 1 fully saturated rings. The second kappa shape index (κ2) is 10.3. The van der Waals surface area contributed by atoms with Gasteiger partial charge in [0.1, 0.15) is 10.6 Å². The summed E-state index contributed by atoms with van der Waals surface area (Å²) in [7, 11) is -4.46. The highest BCUT2D eigenvalue weighted by Gasteiger charge is 2.73. The number of carboxylic acid groups (broad SMARTS) is 1. The normalized spacial score (nSPS) is 21.3. The Labute approximate surface area is 240 Å². The van der Waals surface area contributed by atoms with Crippen molar-refractivity contribution in [3.63, 3.8) is 0 Å². The first-order chi connectivity index (χ1) is 19.9. The second-order valence-corrected chi connectivity index (χ2v) is 12.9. The predicted octanol–water partition coefficient (Wildman–Crippen LogP) is 6.70. The van der Waals surface area contributed by atoms with Crippen molar-refractivity contribution >= 4 is 15.8 Å². The standard InChI is InChI=1S/C29H23F8NO4S/c30-21-7-9-22(10-8-21)43(41,42)26-13-14-38(16-17-1-3-18(4-2-17)25(39)40)24(26)12-5-19-15-20(6-11-23(19)26)27(31,28(32,33)34)29(35,36)37/h1-4,6-11,15,24H,5,12-14,16H2,(H,39,40)/t24-,26-/m0/s1. The Morgan fingerprint density at radius 3 is 2.07 bits per heavy atom. The van der Waals surface area contributed by atoms with E-state index in [1.165, 1.54) is 12.1 Å². The van der Waals surface area contributed by atoms with Crippen molar-refractivity contribution in [2.75, 3.05) is 6.54 Å². The first-order valence-corrected chi connectivity index (χ1v) is 14.4. The van der Waals surface area contributed by atoms with E-state index >= 15 is 0 Å². The number of carbonyl (C=O) groups is 1. The molecule has 0 radical (unpaired) electrons. The van der Waals surface area contributed by atoms with Crippen LogP contribution in [0.15, 0.2) is 71.6 Å². The molecule has 1 aliphatic heterocycles. The Hall–Kier alpha value is -3.52. The van der Waals surface area contributed by atoms with Crippen LogP contribution in [0.5, 0.6) is 0 Å². The largest absolute Gasteiger partial charge is 0.478 e. The molecule has 2 aliphatic rings. The molecule has 0 unspecified atom stereocenters. The molecule has 1 heterocycles. The zero-order valence-electron chi connectivity index (χ0n) is 22.0. The fourth-order valence-corrected chi connectivity index (χ4v) is 8.71. The number of aryl methyl sites for hydroxylation is 1. The maximum Gasteiger partial charge on any atom is 0.435 e. The van der Waals surface area contributed by atoms with Gasteiger partial charge in [-0.1, -0.05) is 30.3 Å². The third-order valence-corrected chi connectivity index (χ3v) is 10.9. The van der Waals surface area contributed by atoms with Crippen molar-refractivity contribution in [3.8, 4) is 0 Å². The van der Waals surface area contributed by atoms with E-state index in [9.17, 15) is 48.3 Å². The molecule has 0 aromatic heterocycles. The van der Waals surface area contributed by atoms with E-state index in [2.05, 4.69) is 0 Å². The van der Waals surface area contributed by atoms with Gasteiger partial charge in [0.05, 0.1) is 10.5 Å². The van der Waals surface area contributed by atoms with Crippen LogP contribution in [0.4, 0.5) is 35.1 Å². The number of halogens is 8. The summed E-state index contributed by atoms with van der Waals surface area (Å²) in [6.07, 6.45) is -12.9. The van der Waals surface area contributed by atoms with Crippen molar-refractivity contribution < 1.29 is 53.4 Å². The monoisotopic (exact) mass is 633 g/mol. The van der Waals surface area contributed by atoms with E-state index in [0.717, 1.165) is 30.3 Å². The predicted molar refractivity (Wildman–Crippen MR) is 137 cm³/mol. The Morgan fingerprint density at radius 1 is 0.907 bits per heavy atom. The van der Waals surface area contributed by atoms with Crippen LogP contribution in [0.3, 0.4) is 0 Å². The molecule has 1 saturated heterocycles. The minimum absolute atomic E-state index is 0.0125. The summed E-state index contributed by atoms with van der Waals surface area (Å²) >= 11 is 0. The number of nitrogens with zero attached hydrogens (tertiary/aromatic N) is 1. The zero-order valence-corrected chi connectivity index (χ0v) is 22.8. The van der Waals surface area contributed by atoms with Gasteiger partial charge < -0.3 is 5.11 Å². The quantitative estimate of drug-likeness (QED) is 0.242. The molecule has 0 saturated carbocycles. The van der Waals surface area contributed by atoms with Gasteiger partial charge in [0.25, 0.3) is 0 Å². The minimum Gasteiger partial charge on any atom is -0.478 e. The molecule has 3 aromatic carbocycles. The SMILES string of the molecule is O=C(O)c1ccc(CN2CC[C@]3(S(=O)(=O)c4ccc(F)cc4)c4ccc(C(F)(C(F)(F)F)C(F)(F)F)cc4CC[C@H]23)cc1. The molecule has 5 nitrogen and oxygen atoms in total. The maximum absolute atomic E-state index is 14.9. The van der Waals surface area contributed by atoms with E-state index in [1.807, 2.05) is 0 Å². The molecule has 43 heavy (non-hydrogen) atoms. The summed E-state index contributed by atoms with van der Waals surface area (Å²) < 4.78 is 137. The van der Waals surface area contributed by atoms with Gasteiger partial charge >= 0.3 is 24.0 Å². The van der Waals surface area contributed by atoms with Crippen LogP contribution < -0.4 is 0 Å². The average molecular weight is 634 g/mol. The number of carboxylic acids is 1. The van der Waals surface area contributed by atoms with Crippen LogP contribution in [0, 0.1) is 5.82 Å². The molecule has 0 spiro atoms. The second-order valence-electron chi connectivity index (χ2n) is 10.6. The summed E-state index contributed by atoms with van der Waals surface area (Å²) in [6, 6.07) is 10.6. The number of hydrogen-bond acceptors (Lipinski definition) is 4. The van der Waals surface area contributed by atoms with Gasteiger partial charge in [-0.25, -0.2) is 22.0 Å². The van der Waals surface area contributed by atoms with Crippen LogP contribution in [0.2, 0.25) is 0 Å². The van der Waals surface area contributed by atoms with Crippen LogP contribution in [0.1, 0.15) is 45.5 Å². The summed E-state index contributed by atoms with van der Waals surface area (Å²) in [5, 5.41) is 9.17. The topological polar surface area (TPSA) is 74.7 Å². The third kappa shape index (κ3) is 4.78. The molecule has 2 atom stereocenters. The molecule has 1 aliphatic carbocycles. The Bertz CT molecular complexity index is 1640. The molecule has 3 aromatic rings.